The van der Waals surface area contributed by atoms with Gasteiger partial charge in [0, 0.05) is 32.0 Å². The highest BCUT2D eigenvalue weighted by Crippen LogP contribution is 2.38. The lowest BCUT2D eigenvalue weighted by Gasteiger charge is -2.51. The van der Waals surface area contributed by atoms with Crippen molar-refractivity contribution in [3.8, 4) is 0 Å². The molecule has 31 heavy (non-hydrogen) atoms. The molecule has 7 nitrogen and oxygen atoms in total. The van der Waals surface area contributed by atoms with Gasteiger partial charge in [0.05, 0.1) is 5.92 Å². The van der Waals surface area contributed by atoms with E-state index in [2.05, 4.69) is 34.6 Å². The molecule has 1 saturated heterocycles. The van der Waals surface area contributed by atoms with Crippen molar-refractivity contribution in [3.05, 3.63) is 35.6 Å². The van der Waals surface area contributed by atoms with E-state index in [0.717, 1.165) is 37.1 Å². The molecule has 2 amide bonds. The highest BCUT2D eigenvalue weighted by molar-refractivity contribution is 5.91. The van der Waals surface area contributed by atoms with Crippen LogP contribution in [0.5, 0.6) is 0 Å². The van der Waals surface area contributed by atoms with Crippen LogP contribution < -0.4 is 10.7 Å². The minimum atomic E-state index is -0.288. The molecule has 2 aliphatic heterocycles. The molecule has 2 N–H and O–H groups in total. The molecule has 1 saturated carbocycles. The van der Waals surface area contributed by atoms with Crippen molar-refractivity contribution in [2.75, 3.05) is 6.54 Å². The van der Waals surface area contributed by atoms with Crippen LogP contribution in [0.2, 0.25) is 0 Å². The Morgan fingerprint density at radius 2 is 2.00 bits per heavy atom. The molecule has 4 rings (SSSR count). The Hall–Kier alpha value is -2.64. The lowest BCUT2D eigenvalue weighted by molar-refractivity contribution is -0.156. The van der Waals surface area contributed by atoms with Crippen LogP contribution in [-0.4, -0.2) is 46.3 Å². The van der Waals surface area contributed by atoms with Crippen LogP contribution in [0.4, 0.5) is 4.39 Å². The lowest BCUT2D eigenvalue weighted by Crippen LogP contribution is -2.67. The molecule has 2 heterocycles. The minimum absolute atomic E-state index is 0.0150. The molecule has 8 heteroatoms. The number of benzene rings is 1. The molecular formula is C23H32FN5O2. The van der Waals surface area contributed by atoms with E-state index in [1.54, 1.807) is 12.1 Å². The second-order valence-electron chi connectivity index (χ2n) is 9.18. The fraction of sp³-hybridized carbons (Fsp3) is 0.609. The summed E-state index contributed by atoms with van der Waals surface area (Å²) in [6.07, 6.45) is 4.71. The normalized spacial score (nSPS) is 25.1. The first-order valence-electron chi connectivity index (χ1n) is 11.4. The van der Waals surface area contributed by atoms with Gasteiger partial charge in [-0.25, -0.2) is 4.39 Å². The van der Waals surface area contributed by atoms with Crippen LogP contribution in [-0.2, 0) is 16.1 Å². The first kappa shape index (κ1) is 21.6. The molecule has 0 bridgehead atoms. The zero-order valence-corrected chi connectivity index (χ0v) is 18.3. The third kappa shape index (κ3) is 4.67. The number of fused-ring (bicyclic) bond motifs is 3. The van der Waals surface area contributed by atoms with Crippen LogP contribution in [0.3, 0.4) is 0 Å². The van der Waals surface area contributed by atoms with Gasteiger partial charge in [0.15, 0.2) is 6.29 Å². The highest BCUT2D eigenvalue weighted by atomic mass is 19.1. The standard InChI is InChI=1S/C23H32FN5O2/c1-15(2)14-28-22(31)18-5-3-4-6-19(18)29-20(26-27-23(28)29)11-12-21(30)25-13-16-7-9-17(24)10-8-16/h7-10,15,18-19,23,27H,3-6,11-14H2,1-2H3,(H,25,30). The Bertz CT molecular complexity index is 841. The monoisotopic (exact) mass is 429 g/mol. The van der Waals surface area contributed by atoms with Crippen LogP contribution >= 0.6 is 0 Å². The molecule has 0 aromatic heterocycles. The molecule has 1 aromatic carbocycles. The molecule has 3 aliphatic rings. The molecule has 2 fully saturated rings. The number of hydrogen-bond acceptors (Lipinski definition) is 5. The zero-order valence-electron chi connectivity index (χ0n) is 18.3. The van der Waals surface area contributed by atoms with Crippen molar-refractivity contribution >= 4 is 17.6 Å². The number of rotatable bonds is 7. The molecule has 168 valence electrons. The zero-order chi connectivity index (χ0) is 22.0. The summed E-state index contributed by atoms with van der Waals surface area (Å²) in [5.41, 5.74) is 4.03. The minimum Gasteiger partial charge on any atom is -0.352 e. The largest absolute Gasteiger partial charge is 0.352 e. The van der Waals surface area contributed by atoms with E-state index in [-0.39, 0.29) is 35.9 Å². The number of amides is 2. The van der Waals surface area contributed by atoms with E-state index in [9.17, 15) is 14.0 Å². The summed E-state index contributed by atoms with van der Waals surface area (Å²) in [7, 11) is 0. The first-order valence-corrected chi connectivity index (χ1v) is 11.4. The number of amidine groups is 1. The molecule has 3 unspecified atom stereocenters. The number of carbonyl (C=O) groups is 2. The maximum absolute atomic E-state index is 13.2. The predicted octanol–water partition coefficient (Wildman–Crippen LogP) is 2.78. The topological polar surface area (TPSA) is 77.0 Å². The van der Waals surface area contributed by atoms with Gasteiger partial charge < -0.3 is 15.1 Å². The van der Waals surface area contributed by atoms with Crippen LogP contribution in [0, 0.1) is 17.7 Å². The van der Waals surface area contributed by atoms with Gasteiger partial charge in [-0.2, -0.15) is 5.10 Å². The third-order valence-corrected chi connectivity index (χ3v) is 6.39. The predicted molar refractivity (Wildman–Crippen MR) is 116 cm³/mol. The summed E-state index contributed by atoms with van der Waals surface area (Å²) in [6, 6.07) is 6.28. The van der Waals surface area contributed by atoms with Crippen molar-refractivity contribution in [1.29, 1.82) is 0 Å². The summed E-state index contributed by atoms with van der Waals surface area (Å²) >= 11 is 0. The number of carbonyl (C=O) groups excluding carboxylic acids is 2. The van der Waals surface area contributed by atoms with Crippen LogP contribution in [0.1, 0.15) is 57.9 Å². The number of halogens is 1. The van der Waals surface area contributed by atoms with Gasteiger partial charge in [0.1, 0.15) is 11.7 Å². The van der Waals surface area contributed by atoms with Crippen molar-refractivity contribution < 1.29 is 14.0 Å². The molecule has 0 spiro atoms. The van der Waals surface area contributed by atoms with Crippen molar-refractivity contribution in [2.45, 2.75) is 71.2 Å². The van der Waals surface area contributed by atoms with E-state index in [1.807, 2.05) is 4.90 Å². The number of hydrazone groups is 1. The van der Waals surface area contributed by atoms with Gasteiger partial charge in [-0.1, -0.05) is 38.8 Å². The summed E-state index contributed by atoms with van der Waals surface area (Å²) in [6.45, 7) is 5.30. The van der Waals surface area contributed by atoms with E-state index < -0.39 is 0 Å². The fourth-order valence-electron chi connectivity index (χ4n) is 4.94. The SMILES string of the molecule is CC(C)CN1C(=O)C2CCCCC2N2C(CCC(=O)NCc3ccc(F)cc3)=NNC12. The highest BCUT2D eigenvalue weighted by Gasteiger charge is 2.50. The van der Waals surface area contributed by atoms with Gasteiger partial charge >= 0.3 is 0 Å². The van der Waals surface area contributed by atoms with Crippen molar-refractivity contribution in [1.82, 2.24) is 20.5 Å². The van der Waals surface area contributed by atoms with Crippen molar-refractivity contribution in [3.63, 3.8) is 0 Å². The third-order valence-electron chi connectivity index (χ3n) is 6.39. The van der Waals surface area contributed by atoms with Gasteiger partial charge in [-0.05, 0) is 36.5 Å². The molecule has 3 atom stereocenters. The Morgan fingerprint density at radius 1 is 1.26 bits per heavy atom. The summed E-state index contributed by atoms with van der Waals surface area (Å²) in [5.74, 6) is 1.13. The second-order valence-corrected chi connectivity index (χ2v) is 9.18. The van der Waals surface area contributed by atoms with Gasteiger partial charge in [0.2, 0.25) is 11.8 Å². The quantitative estimate of drug-likeness (QED) is 0.699. The summed E-state index contributed by atoms with van der Waals surface area (Å²) < 4.78 is 13.0. The first-order chi connectivity index (χ1) is 14.9. The average molecular weight is 430 g/mol. The van der Waals surface area contributed by atoms with E-state index in [1.165, 1.54) is 12.1 Å². The van der Waals surface area contributed by atoms with Crippen LogP contribution in [0.25, 0.3) is 0 Å². The Morgan fingerprint density at radius 3 is 2.74 bits per heavy atom. The van der Waals surface area contributed by atoms with E-state index in [0.29, 0.717) is 31.8 Å². The summed E-state index contributed by atoms with van der Waals surface area (Å²) in [5, 5.41) is 7.43. The number of hydrogen-bond donors (Lipinski definition) is 2. The van der Waals surface area contributed by atoms with Gasteiger partial charge in [-0.3, -0.25) is 15.0 Å². The second kappa shape index (κ2) is 9.24. The van der Waals surface area contributed by atoms with Gasteiger partial charge in [-0.15, -0.1) is 0 Å². The molecule has 0 radical (unpaired) electrons. The Balaban J connectivity index is 1.38. The lowest BCUT2D eigenvalue weighted by atomic mass is 9.80. The maximum Gasteiger partial charge on any atom is 0.230 e. The Labute approximate surface area is 183 Å². The smallest absolute Gasteiger partial charge is 0.230 e. The van der Waals surface area contributed by atoms with Crippen LogP contribution in [0.15, 0.2) is 29.4 Å². The maximum atomic E-state index is 13.2. The summed E-state index contributed by atoms with van der Waals surface area (Å²) in [4.78, 5) is 29.8. The van der Waals surface area contributed by atoms with E-state index >= 15 is 0 Å². The average Bonchev–Trinajstić information content (AvgIpc) is 3.18. The van der Waals surface area contributed by atoms with Crippen molar-refractivity contribution in [2.24, 2.45) is 16.9 Å². The number of nitrogens with one attached hydrogen (secondary N) is 2. The van der Waals surface area contributed by atoms with E-state index in [4.69, 9.17) is 0 Å². The molecule has 1 aromatic rings. The Kier molecular flexibility index (Phi) is 6.43. The fourth-order valence-corrected chi connectivity index (χ4v) is 4.94. The number of nitrogens with zero attached hydrogens (tertiary/aromatic N) is 3. The molecular weight excluding hydrogens is 397 g/mol. The van der Waals surface area contributed by atoms with Gasteiger partial charge in [0.25, 0.3) is 0 Å². The molecule has 1 aliphatic carbocycles.